The fraction of sp³-hybridized carbons (Fsp3) is 0.600. The molecular weight excluding hydrogens is 1120 g/mol. The van der Waals surface area contributed by atoms with Crippen LogP contribution in [0.15, 0.2) is 64.3 Å². The molecule has 1 saturated heterocycles. The summed E-state index contributed by atoms with van der Waals surface area (Å²) in [5, 5.41) is 15.5. The van der Waals surface area contributed by atoms with Crippen LogP contribution < -0.4 is 105 Å². The van der Waals surface area contributed by atoms with Crippen molar-refractivity contribution in [2.45, 2.75) is 153 Å². The zero-order valence-electron chi connectivity index (χ0n) is 46.3. The second kappa shape index (κ2) is 33.0. The number of hydrogen-bond acceptors (Lipinski definition) is 15. The van der Waals surface area contributed by atoms with Crippen LogP contribution in [0.2, 0.25) is 0 Å². The van der Waals surface area contributed by atoms with E-state index in [2.05, 4.69) is 16.0 Å². The first-order chi connectivity index (χ1) is 35.7. The van der Waals surface area contributed by atoms with Gasteiger partial charge in [-0.3, -0.25) is 42.6 Å². The molecule has 0 aromatic heterocycles. The largest absolute Gasteiger partial charge is 1.00 e. The molecule has 4 aliphatic heterocycles. The van der Waals surface area contributed by atoms with Crippen LogP contribution >= 0.6 is 0 Å². The molecule has 29 heteroatoms. The molecule has 0 aliphatic carbocycles. The summed E-state index contributed by atoms with van der Waals surface area (Å²) in [5.41, 5.74) is 1.25. The van der Waals surface area contributed by atoms with Gasteiger partial charge in [0.15, 0.2) is 5.71 Å². The summed E-state index contributed by atoms with van der Waals surface area (Å²) < 4.78 is 103. The van der Waals surface area contributed by atoms with Crippen LogP contribution in [0.5, 0.6) is 0 Å². The molecule has 3 unspecified atom stereocenters. The summed E-state index contributed by atoms with van der Waals surface area (Å²) in [5.74, 6) is -3.91. The summed E-state index contributed by atoms with van der Waals surface area (Å²) >= 11 is 0. The number of rotatable bonds is 17. The minimum Gasteiger partial charge on any atom is -0.356 e. The number of benzene rings is 1. The fourth-order valence-corrected chi connectivity index (χ4v) is 11.3. The summed E-state index contributed by atoms with van der Waals surface area (Å²) in [6.07, 6.45) is 13.6. The van der Waals surface area contributed by atoms with Crippen molar-refractivity contribution in [1.82, 2.24) is 26.0 Å². The van der Waals surface area contributed by atoms with Gasteiger partial charge in [-0.15, -0.1) is 5.06 Å². The molecule has 6 N–H and O–H groups in total. The van der Waals surface area contributed by atoms with E-state index in [1.165, 1.54) is 12.1 Å². The Balaban J connectivity index is 0.00000711. The van der Waals surface area contributed by atoms with Gasteiger partial charge in [-0.1, -0.05) is 24.6 Å². The second-order valence-corrected chi connectivity index (χ2v) is 24.5. The third-order valence-corrected chi connectivity index (χ3v) is 16.5. The number of allylic oxidation sites excluding steroid dienone is 6. The van der Waals surface area contributed by atoms with Crippen molar-refractivity contribution < 1.29 is 166 Å². The number of hydrogen-bond donors (Lipinski definition) is 6. The quantitative estimate of drug-likeness (QED) is 0.0281. The molecule has 4 aliphatic rings. The van der Waals surface area contributed by atoms with Gasteiger partial charge in [0.1, 0.15) is 12.6 Å². The zero-order valence-corrected chi connectivity index (χ0v) is 54.8. The third kappa shape index (κ3) is 22.1. The number of carbonyl (C=O) groups is 6. The monoisotopic (exact) mass is 1190 g/mol. The minimum atomic E-state index is -4.66. The Kier molecular flexibility index (Phi) is 30.2. The van der Waals surface area contributed by atoms with Crippen molar-refractivity contribution in [2.24, 2.45) is 10.5 Å². The second-order valence-electron chi connectivity index (χ2n) is 19.9. The maximum atomic E-state index is 13.5. The van der Waals surface area contributed by atoms with Gasteiger partial charge in [0.05, 0.1) is 21.8 Å². The molecule has 0 saturated carbocycles. The smallest absolute Gasteiger partial charge is 0.356 e. The van der Waals surface area contributed by atoms with E-state index in [4.69, 9.17) is 9.94 Å². The van der Waals surface area contributed by atoms with Gasteiger partial charge in [-0.05, 0) is 110 Å². The molecule has 5 amide bonds. The van der Waals surface area contributed by atoms with Crippen LogP contribution in [0.25, 0.3) is 0 Å². The molecule has 1 aromatic rings. The molecule has 79 heavy (non-hydrogen) atoms. The first kappa shape index (κ1) is 72.4. The molecule has 420 valence electrons. The fourth-order valence-electron chi connectivity index (χ4n) is 9.76. The molecule has 4 heterocycles. The third-order valence-electron chi connectivity index (χ3n) is 14.1. The van der Waals surface area contributed by atoms with Gasteiger partial charge in [0, 0.05) is 92.7 Å². The van der Waals surface area contributed by atoms with Crippen molar-refractivity contribution in [3.63, 3.8) is 0 Å². The molecule has 0 spiro atoms. The van der Waals surface area contributed by atoms with E-state index in [0.717, 1.165) is 0 Å². The zero-order chi connectivity index (χ0) is 55.9. The van der Waals surface area contributed by atoms with Crippen molar-refractivity contribution in [3.05, 3.63) is 59.8 Å². The van der Waals surface area contributed by atoms with E-state index in [0.29, 0.717) is 104 Å². The maximum absolute atomic E-state index is 13.5. The van der Waals surface area contributed by atoms with Gasteiger partial charge >= 0.3 is 94.6 Å². The number of carbonyl (C=O) groups excluding carboxylic acids is 6. The van der Waals surface area contributed by atoms with Crippen LogP contribution in [-0.2, 0) is 69.4 Å². The Labute approximate surface area is 530 Å². The molecular formula is C50H72N7Na3O16S3+4. The van der Waals surface area contributed by atoms with Gasteiger partial charge in [-0.25, -0.2) is 4.79 Å². The van der Waals surface area contributed by atoms with Gasteiger partial charge in [-0.2, -0.15) is 34.9 Å². The van der Waals surface area contributed by atoms with Crippen molar-refractivity contribution in [1.29, 1.82) is 0 Å². The topological polar surface area (TPSA) is 333 Å². The van der Waals surface area contributed by atoms with E-state index in [9.17, 15) is 67.7 Å². The minimum absolute atomic E-state index is 0. The van der Waals surface area contributed by atoms with Crippen LogP contribution in [-0.4, -0.2) is 144 Å². The number of unbranched alkanes of at least 4 members (excludes halogenated alkanes) is 2. The summed E-state index contributed by atoms with van der Waals surface area (Å²) in [4.78, 5) is 80.5. The Morgan fingerprint density at radius 3 is 2.16 bits per heavy atom. The Morgan fingerprint density at radius 1 is 0.810 bits per heavy atom. The Hall–Kier alpha value is -2.67. The standard InChI is InChI=1S/C50H71N7O16S3.3Na/c1-36-49(2)28-26-43(58)51-29-13-11-17-39(48(63)52-30-12-5-10-21-47(62)73-57-45(60)24-25-46(57)61)53-44(59)20-9-6-14-31-55-40-23-22-37(76(70,71)72)35-38(40)50(3,27-15-33-74(64,65)66)41(55)18-7-4-8-19-42(49)56(54-36)32-16-34-75(67,68)69;;;/h4,7-8,18-19,22-23,35,39H,5-6,9-17,20-21,24-34H2,1-3H3,(H5-,51,52,53,58,59,63,64,65,66,67,68,69,70,71,72);;;/q;3*+1/p+1. The maximum Gasteiger partial charge on any atom is 1.00 e. The van der Waals surface area contributed by atoms with E-state index in [1.807, 2.05) is 25.3 Å². The van der Waals surface area contributed by atoms with Crippen LogP contribution in [0.1, 0.15) is 142 Å². The molecule has 3 atom stereocenters. The number of imide groups is 1. The predicted molar refractivity (Wildman–Crippen MR) is 280 cm³/mol. The SMILES string of the molecule is CC1=NN(CCCS(=O)(=O)O)/C2=C/C=C/C=C/C3=[N+](CCCCCC(=O)NC(C(=O)NCCCCCC(=O)ON4C(=O)CCC4=O)CCCCNC(=O)CCC12C)c1ccc(S(=O)(=O)O)cc1C3(C)CCCS(=O)(=O)O.[Na+].[Na+].[Na+]. The van der Waals surface area contributed by atoms with Crippen LogP contribution in [0, 0.1) is 5.41 Å². The molecule has 0 bridgehead atoms. The van der Waals surface area contributed by atoms with Crippen LogP contribution in [0.3, 0.4) is 0 Å². The van der Waals surface area contributed by atoms with Gasteiger partial charge in [0.25, 0.3) is 42.2 Å². The first-order valence-electron chi connectivity index (χ1n) is 25.7. The summed E-state index contributed by atoms with van der Waals surface area (Å²) in [6.45, 7) is 6.59. The number of fused-ring (bicyclic) bond motifs is 3. The van der Waals surface area contributed by atoms with Crippen molar-refractivity contribution in [2.75, 3.05) is 37.7 Å². The van der Waals surface area contributed by atoms with Crippen molar-refractivity contribution in [3.8, 4) is 0 Å². The normalized spacial score (nSPS) is 23.5. The van der Waals surface area contributed by atoms with E-state index < -0.39 is 82.4 Å². The molecule has 5 rings (SSSR count). The van der Waals surface area contributed by atoms with E-state index >= 15 is 0 Å². The molecule has 23 nitrogen and oxygen atoms in total. The van der Waals surface area contributed by atoms with Gasteiger partial charge < -0.3 is 20.8 Å². The molecule has 1 fully saturated rings. The number of hydrazone groups is 1. The molecule has 0 radical (unpaired) electrons. The van der Waals surface area contributed by atoms with Crippen molar-refractivity contribution >= 4 is 83.0 Å². The van der Waals surface area contributed by atoms with Crippen LogP contribution in [0.4, 0.5) is 5.69 Å². The first-order valence-corrected chi connectivity index (χ1v) is 30.3. The summed E-state index contributed by atoms with van der Waals surface area (Å²) in [6, 6.07) is 3.29. The average Bonchev–Trinajstić information content (AvgIpc) is 3.86. The Morgan fingerprint density at radius 2 is 1.49 bits per heavy atom. The Bertz CT molecular complexity index is 2870. The number of nitrogens with one attached hydrogen (secondary N) is 3. The number of hydroxylamine groups is 2. The molecule has 1 aromatic carbocycles. The predicted octanol–water partition coefficient (Wildman–Crippen LogP) is -4.65. The van der Waals surface area contributed by atoms with E-state index in [-0.39, 0.29) is 176 Å². The average molecular weight is 1190 g/mol. The number of nitrogens with zero attached hydrogens (tertiary/aromatic N) is 4. The van der Waals surface area contributed by atoms with E-state index in [1.54, 1.807) is 41.5 Å². The number of amides is 5. The van der Waals surface area contributed by atoms with Gasteiger partial charge in [0.2, 0.25) is 23.4 Å². The summed E-state index contributed by atoms with van der Waals surface area (Å²) in [7, 11) is -13.3.